The Hall–Kier alpha value is -0.740. The first-order chi connectivity index (χ1) is 5.25. The molecule has 1 N–H and O–H groups in total. The van der Waals surface area contributed by atoms with Crippen molar-refractivity contribution in [1.82, 2.24) is 14.1 Å². The Balaban J connectivity index is 2.79. The van der Waals surface area contributed by atoms with E-state index >= 15 is 0 Å². The normalized spacial score (nSPS) is 12.9. The van der Waals surface area contributed by atoms with Crippen LogP contribution in [0, 0.1) is 0 Å². The average Bonchev–Trinajstić information content (AvgIpc) is 2.40. The number of nitrogens with zero attached hydrogens (tertiary/aromatic N) is 2. The van der Waals surface area contributed by atoms with Crippen LogP contribution in [0.4, 0.5) is 0 Å². The Morgan fingerprint density at radius 3 is 2.91 bits per heavy atom. The quantitative estimate of drug-likeness (QED) is 0.694. The van der Waals surface area contributed by atoms with E-state index in [1.165, 1.54) is 11.7 Å². The number of hydrogen-bond donors (Lipinski definition) is 1. The van der Waals surface area contributed by atoms with Crippen LogP contribution in [0.3, 0.4) is 0 Å². The zero-order valence-electron chi connectivity index (χ0n) is 6.66. The molecule has 0 aliphatic rings. The maximum absolute atomic E-state index is 4.12. The Bertz CT molecular complexity index is 230. The summed E-state index contributed by atoms with van der Waals surface area (Å²) in [6, 6.07) is 0.147. The summed E-state index contributed by atoms with van der Waals surface area (Å²) in [5, 5.41) is 3.11. The topological polar surface area (TPSA) is 37.8 Å². The van der Waals surface area contributed by atoms with E-state index in [0.717, 1.165) is 11.3 Å². The molecule has 0 radical (unpaired) electrons. The summed E-state index contributed by atoms with van der Waals surface area (Å²) < 4.78 is 8.04. The van der Waals surface area contributed by atoms with Crippen LogP contribution >= 0.6 is 11.7 Å². The van der Waals surface area contributed by atoms with Crippen molar-refractivity contribution >= 4 is 11.7 Å². The molecule has 0 aromatic carbocycles. The van der Waals surface area contributed by atoms with Crippen LogP contribution in [0.15, 0.2) is 18.3 Å². The Labute approximate surface area is 70.5 Å². The van der Waals surface area contributed by atoms with Crippen molar-refractivity contribution in [3.8, 4) is 0 Å². The second-order valence-corrected chi connectivity index (χ2v) is 2.96. The van der Waals surface area contributed by atoms with Gasteiger partial charge >= 0.3 is 0 Å². The molecular formula is C7H11N3S. The summed E-state index contributed by atoms with van der Waals surface area (Å²) in [7, 11) is 1.89. The minimum absolute atomic E-state index is 0.147. The van der Waals surface area contributed by atoms with E-state index in [1.807, 2.05) is 14.0 Å². The molecular weight excluding hydrogens is 158 g/mol. The lowest BCUT2D eigenvalue weighted by atomic mass is 10.1. The summed E-state index contributed by atoms with van der Waals surface area (Å²) >= 11 is 1.22. The molecule has 1 aromatic rings. The number of rotatable bonds is 3. The van der Waals surface area contributed by atoms with Crippen molar-refractivity contribution in [3.63, 3.8) is 0 Å². The molecule has 0 aliphatic heterocycles. The van der Waals surface area contributed by atoms with Gasteiger partial charge in [0.05, 0.1) is 29.7 Å². The molecule has 0 bridgehead atoms. The summed E-state index contributed by atoms with van der Waals surface area (Å²) in [6.45, 7) is 5.83. The van der Waals surface area contributed by atoms with Crippen molar-refractivity contribution in [2.45, 2.75) is 13.0 Å². The van der Waals surface area contributed by atoms with Gasteiger partial charge in [0, 0.05) is 0 Å². The molecule has 1 heterocycles. The predicted molar refractivity (Wildman–Crippen MR) is 46.5 cm³/mol. The lowest BCUT2D eigenvalue weighted by molar-refractivity contribution is 0.666. The fourth-order valence-corrected chi connectivity index (χ4v) is 1.39. The van der Waals surface area contributed by atoms with E-state index < -0.39 is 0 Å². The molecule has 1 unspecified atom stereocenters. The van der Waals surface area contributed by atoms with E-state index in [1.54, 1.807) is 6.20 Å². The first kappa shape index (κ1) is 8.36. The van der Waals surface area contributed by atoms with Crippen LogP contribution in [0.1, 0.15) is 18.7 Å². The van der Waals surface area contributed by atoms with Gasteiger partial charge < -0.3 is 5.32 Å². The van der Waals surface area contributed by atoms with E-state index in [-0.39, 0.29) is 6.04 Å². The molecule has 4 heteroatoms. The molecule has 1 aromatic heterocycles. The van der Waals surface area contributed by atoms with E-state index in [9.17, 15) is 0 Å². The number of likely N-dealkylation sites (N-methyl/N-ethyl adjacent to an activating group) is 1. The maximum atomic E-state index is 4.12. The van der Waals surface area contributed by atoms with Gasteiger partial charge in [0.2, 0.25) is 0 Å². The smallest absolute Gasteiger partial charge is 0.0953 e. The SMILES string of the molecule is C=C(C)C(NC)c1cnsn1. The van der Waals surface area contributed by atoms with Gasteiger partial charge in [-0.15, -0.1) is 0 Å². The van der Waals surface area contributed by atoms with Gasteiger partial charge in [0.1, 0.15) is 0 Å². The summed E-state index contributed by atoms with van der Waals surface area (Å²) in [5.74, 6) is 0. The van der Waals surface area contributed by atoms with Crippen LogP contribution in [0.5, 0.6) is 0 Å². The summed E-state index contributed by atoms with van der Waals surface area (Å²) in [6.07, 6.45) is 1.76. The van der Waals surface area contributed by atoms with Crippen molar-refractivity contribution in [3.05, 3.63) is 24.0 Å². The van der Waals surface area contributed by atoms with Gasteiger partial charge in [-0.1, -0.05) is 12.2 Å². The van der Waals surface area contributed by atoms with Gasteiger partial charge in [-0.25, -0.2) is 0 Å². The second kappa shape index (κ2) is 3.59. The first-order valence-corrected chi connectivity index (χ1v) is 4.09. The fraction of sp³-hybridized carbons (Fsp3) is 0.429. The number of nitrogens with one attached hydrogen (secondary N) is 1. The van der Waals surface area contributed by atoms with E-state index in [4.69, 9.17) is 0 Å². The monoisotopic (exact) mass is 169 g/mol. The molecule has 1 atom stereocenters. The molecule has 11 heavy (non-hydrogen) atoms. The van der Waals surface area contributed by atoms with Crippen molar-refractivity contribution in [1.29, 1.82) is 0 Å². The average molecular weight is 169 g/mol. The van der Waals surface area contributed by atoms with Gasteiger partial charge in [-0.05, 0) is 14.0 Å². The lowest BCUT2D eigenvalue weighted by Gasteiger charge is -2.11. The van der Waals surface area contributed by atoms with Crippen molar-refractivity contribution < 1.29 is 0 Å². The molecule has 0 fully saturated rings. The molecule has 0 saturated heterocycles. The van der Waals surface area contributed by atoms with Gasteiger partial charge in [0.25, 0.3) is 0 Å². The van der Waals surface area contributed by atoms with Gasteiger partial charge in [-0.2, -0.15) is 8.75 Å². The van der Waals surface area contributed by atoms with Crippen LogP contribution in [0.2, 0.25) is 0 Å². The predicted octanol–water partition coefficient (Wildman–Crippen LogP) is 1.37. The highest BCUT2D eigenvalue weighted by atomic mass is 32.1. The molecule has 60 valence electrons. The fourth-order valence-electron chi connectivity index (χ4n) is 0.946. The van der Waals surface area contributed by atoms with Crippen LogP contribution in [-0.2, 0) is 0 Å². The maximum Gasteiger partial charge on any atom is 0.0953 e. The molecule has 0 saturated carbocycles. The minimum atomic E-state index is 0.147. The Kier molecular flexibility index (Phi) is 2.73. The zero-order valence-corrected chi connectivity index (χ0v) is 7.48. The number of aromatic nitrogens is 2. The molecule has 0 aliphatic carbocycles. The molecule has 0 amide bonds. The van der Waals surface area contributed by atoms with Gasteiger partial charge in [-0.3, -0.25) is 0 Å². The Morgan fingerprint density at radius 2 is 2.55 bits per heavy atom. The third kappa shape index (κ3) is 1.85. The molecule has 3 nitrogen and oxygen atoms in total. The lowest BCUT2D eigenvalue weighted by Crippen LogP contribution is -2.17. The minimum Gasteiger partial charge on any atom is -0.308 e. The van der Waals surface area contributed by atoms with Crippen molar-refractivity contribution in [2.24, 2.45) is 0 Å². The summed E-state index contributed by atoms with van der Waals surface area (Å²) in [5.41, 5.74) is 2.00. The van der Waals surface area contributed by atoms with Crippen LogP contribution in [-0.4, -0.2) is 15.8 Å². The molecule has 1 rings (SSSR count). The third-order valence-corrected chi connectivity index (χ3v) is 1.95. The summed E-state index contributed by atoms with van der Waals surface area (Å²) in [4.78, 5) is 0. The standard InChI is InChI=1S/C7H11N3S/c1-5(2)7(8-3)6-4-9-11-10-6/h4,7-8H,1H2,2-3H3. The first-order valence-electron chi connectivity index (χ1n) is 3.36. The molecule has 0 spiro atoms. The van der Waals surface area contributed by atoms with Crippen molar-refractivity contribution in [2.75, 3.05) is 7.05 Å². The highest BCUT2D eigenvalue weighted by Gasteiger charge is 2.11. The van der Waals surface area contributed by atoms with Gasteiger partial charge in [0.15, 0.2) is 0 Å². The number of hydrogen-bond acceptors (Lipinski definition) is 4. The third-order valence-electron chi connectivity index (χ3n) is 1.46. The van der Waals surface area contributed by atoms with E-state index in [0.29, 0.717) is 0 Å². The highest BCUT2D eigenvalue weighted by Crippen LogP contribution is 2.16. The second-order valence-electron chi connectivity index (χ2n) is 2.40. The largest absolute Gasteiger partial charge is 0.308 e. The van der Waals surface area contributed by atoms with Crippen LogP contribution in [0.25, 0.3) is 0 Å². The highest BCUT2D eigenvalue weighted by molar-refractivity contribution is 6.99. The van der Waals surface area contributed by atoms with E-state index in [2.05, 4.69) is 20.6 Å². The zero-order chi connectivity index (χ0) is 8.27. The van der Waals surface area contributed by atoms with Crippen LogP contribution < -0.4 is 5.32 Å². The Morgan fingerprint density at radius 1 is 1.82 bits per heavy atom.